The molecule has 0 spiro atoms. The van der Waals surface area contributed by atoms with Crippen LogP contribution in [0.3, 0.4) is 0 Å². The molecular formula is C13H11N3O. The monoisotopic (exact) mass is 225 g/mol. The van der Waals surface area contributed by atoms with Gasteiger partial charge >= 0.3 is 0 Å². The number of rotatable bonds is 1. The first-order valence-corrected chi connectivity index (χ1v) is 5.31. The third-order valence-corrected chi connectivity index (χ3v) is 2.58. The van der Waals surface area contributed by atoms with Crippen LogP contribution in [0.25, 0.3) is 22.6 Å². The van der Waals surface area contributed by atoms with Gasteiger partial charge in [0, 0.05) is 6.20 Å². The molecule has 17 heavy (non-hydrogen) atoms. The summed E-state index contributed by atoms with van der Waals surface area (Å²) in [7, 11) is 0. The molecule has 3 rings (SSSR count). The molecule has 4 heteroatoms. The number of hydrogen-bond donors (Lipinski definition) is 1. The number of benzene rings is 1. The van der Waals surface area contributed by atoms with Gasteiger partial charge in [-0.2, -0.15) is 0 Å². The Morgan fingerprint density at radius 2 is 2.06 bits per heavy atom. The largest absolute Gasteiger partial charge is 0.436 e. The van der Waals surface area contributed by atoms with Gasteiger partial charge in [-0.15, -0.1) is 0 Å². The molecule has 0 aliphatic heterocycles. The zero-order chi connectivity index (χ0) is 11.8. The Morgan fingerprint density at radius 1 is 1.18 bits per heavy atom. The first-order valence-electron chi connectivity index (χ1n) is 5.31. The second-order valence-electron chi connectivity index (χ2n) is 3.96. The molecule has 84 valence electrons. The summed E-state index contributed by atoms with van der Waals surface area (Å²) in [6.45, 7) is 2.02. The third-order valence-electron chi connectivity index (χ3n) is 2.58. The maximum absolute atomic E-state index is 5.68. The van der Waals surface area contributed by atoms with Crippen molar-refractivity contribution in [1.29, 1.82) is 0 Å². The Bertz CT molecular complexity index is 671. The number of hydrogen-bond acceptors (Lipinski definition) is 4. The molecule has 0 saturated carbocycles. The Kier molecular flexibility index (Phi) is 2.08. The van der Waals surface area contributed by atoms with Gasteiger partial charge in [-0.3, -0.25) is 0 Å². The Labute approximate surface area is 98.1 Å². The summed E-state index contributed by atoms with van der Waals surface area (Å²) < 4.78 is 5.68. The fourth-order valence-corrected chi connectivity index (χ4v) is 1.69. The van der Waals surface area contributed by atoms with E-state index < -0.39 is 0 Å². The van der Waals surface area contributed by atoms with E-state index in [2.05, 4.69) is 9.97 Å². The molecule has 0 aliphatic carbocycles. The molecule has 0 radical (unpaired) electrons. The van der Waals surface area contributed by atoms with E-state index >= 15 is 0 Å². The van der Waals surface area contributed by atoms with Crippen LogP contribution in [0.4, 0.5) is 5.82 Å². The fraction of sp³-hybridized carbons (Fsp3) is 0.0769. The first-order chi connectivity index (χ1) is 8.22. The summed E-state index contributed by atoms with van der Waals surface area (Å²) in [6.07, 6.45) is 1.66. The van der Waals surface area contributed by atoms with Crippen molar-refractivity contribution in [2.45, 2.75) is 6.92 Å². The molecule has 0 aliphatic rings. The summed E-state index contributed by atoms with van der Waals surface area (Å²) in [5.41, 5.74) is 9.15. The van der Waals surface area contributed by atoms with Gasteiger partial charge in [-0.25, -0.2) is 9.97 Å². The predicted octanol–water partition coefficient (Wildman–Crippen LogP) is 2.78. The van der Waals surface area contributed by atoms with Crippen LogP contribution in [-0.4, -0.2) is 9.97 Å². The zero-order valence-corrected chi connectivity index (χ0v) is 9.34. The lowest BCUT2D eigenvalue weighted by Crippen LogP contribution is -1.88. The van der Waals surface area contributed by atoms with Crippen LogP contribution < -0.4 is 5.73 Å². The standard InChI is InChI=1S/C13H11N3O/c1-8-2-4-10-11(6-8)17-13(16-10)9-3-5-12(14)15-7-9/h2-7H,1H3,(H2,14,15). The minimum absolute atomic E-state index is 0.487. The molecule has 2 aromatic heterocycles. The number of oxazole rings is 1. The van der Waals surface area contributed by atoms with E-state index in [0.29, 0.717) is 11.7 Å². The smallest absolute Gasteiger partial charge is 0.228 e. The highest BCUT2D eigenvalue weighted by Gasteiger charge is 2.08. The lowest BCUT2D eigenvalue weighted by atomic mass is 10.2. The van der Waals surface area contributed by atoms with Gasteiger partial charge in [0.05, 0.1) is 5.56 Å². The molecule has 0 bridgehead atoms. The average molecular weight is 225 g/mol. The van der Waals surface area contributed by atoms with Crippen LogP contribution in [0.2, 0.25) is 0 Å². The van der Waals surface area contributed by atoms with Crippen molar-refractivity contribution < 1.29 is 4.42 Å². The highest BCUT2D eigenvalue weighted by Crippen LogP contribution is 2.24. The predicted molar refractivity (Wildman–Crippen MR) is 66.4 cm³/mol. The summed E-state index contributed by atoms with van der Waals surface area (Å²) in [5.74, 6) is 1.05. The molecule has 4 nitrogen and oxygen atoms in total. The lowest BCUT2D eigenvalue weighted by Gasteiger charge is -1.94. The van der Waals surface area contributed by atoms with Gasteiger partial charge in [-0.1, -0.05) is 6.07 Å². The van der Waals surface area contributed by atoms with E-state index in [4.69, 9.17) is 10.2 Å². The molecule has 1 aromatic carbocycles. The van der Waals surface area contributed by atoms with Crippen molar-refractivity contribution in [1.82, 2.24) is 9.97 Å². The second kappa shape index (κ2) is 3.59. The van der Waals surface area contributed by atoms with Crippen molar-refractivity contribution in [3.8, 4) is 11.5 Å². The van der Waals surface area contributed by atoms with Crippen LogP contribution in [-0.2, 0) is 0 Å². The average Bonchev–Trinajstić information content (AvgIpc) is 2.72. The van der Waals surface area contributed by atoms with Crippen molar-refractivity contribution in [2.24, 2.45) is 0 Å². The number of nitrogen functional groups attached to an aromatic ring is 1. The Hall–Kier alpha value is -2.36. The summed E-state index contributed by atoms with van der Waals surface area (Å²) in [6, 6.07) is 9.50. The third kappa shape index (κ3) is 1.73. The molecule has 2 N–H and O–H groups in total. The zero-order valence-electron chi connectivity index (χ0n) is 9.34. The summed E-state index contributed by atoms with van der Waals surface area (Å²) in [5, 5.41) is 0. The van der Waals surface area contributed by atoms with Crippen molar-refractivity contribution in [2.75, 3.05) is 5.73 Å². The van der Waals surface area contributed by atoms with E-state index in [1.165, 1.54) is 0 Å². The number of aromatic nitrogens is 2. The van der Waals surface area contributed by atoms with E-state index in [1.54, 1.807) is 12.3 Å². The molecule has 0 amide bonds. The molecule has 0 unspecified atom stereocenters. The van der Waals surface area contributed by atoms with Crippen LogP contribution >= 0.6 is 0 Å². The highest BCUT2D eigenvalue weighted by molar-refractivity contribution is 5.76. The lowest BCUT2D eigenvalue weighted by molar-refractivity contribution is 0.619. The Morgan fingerprint density at radius 3 is 2.82 bits per heavy atom. The maximum atomic E-state index is 5.68. The van der Waals surface area contributed by atoms with Crippen LogP contribution in [0.1, 0.15) is 5.56 Å². The van der Waals surface area contributed by atoms with Gasteiger partial charge in [0.2, 0.25) is 5.89 Å². The number of fused-ring (bicyclic) bond motifs is 1. The van der Waals surface area contributed by atoms with E-state index in [0.717, 1.165) is 22.2 Å². The molecule has 2 heterocycles. The maximum Gasteiger partial charge on any atom is 0.228 e. The van der Waals surface area contributed by atoms with Crippen LogP contribution in [0.5, 0.6) is 0 Å². The number of aryl methyl sites for hydroxylation is 1. The van der Waals surface area contributed by atoms with Gasteiger partial charge < -0.3 is 10.2 Å². The molecule has 0 saturated heterocycles. The SMILES string of the molecule is Cc1ccc2nc(-c3ccc(N)nc3)oc2c1. The van der Waals surface area contributed by atoms with Gasteiger partial charge in [0.1, 0.15) is 11.3 Å². The molecular weight excluding hydrogens is 214 g/mol. The molecule has 0 fully saturated rings. The van der Waals surface area contributed by atoms with E-state index in [1.807, 2.05) is 31.2 Å². The van der Waals surface area contributed by atoms with Gasteiger partial charge in [0.25, 0.3) is 0 Å². The second-order valence-corrected chi connectivity index (χ2v) is 3.96. The van der Waals surface area contributed by atoms with Crippen LogP contribution in [0, 0.1) is 6.92 Å². The Balaban J connectivity index is 2.14. The van der Waals surface area contributed by atoms with Crippen molar-refractivity contribution >= 4 is 16.9 Å². The molecule has 0 atom stereocenters. The van der Waals surface area contributed by atoms with Crippen molar-refractivity contribution in [3.63, 3.8) is 0 Å². The van der Waals surface area contributed by atoms with Crippen molar-refractivity contribution in [3.05, 3.63) is 42.1 Å². The minimum atomic E-state index is 0.487. The highest BCUT2D eigenvalue weighted by atomic mass is 16.3. The van der Waals surface area contributed by atoms with E-state index in [-0.39, 0.29) is 0 Å². The van der Waals surface area contributed by atoms with Crippen LogP contribution in [0.15, 0.2) is 40.9 Å². The summed E-state index contributed by atoms with van der Waals surface area (Å²) >= 11 is 0. The van der Waals surface area contributed by atoms with Gasteiger partial charge in [0.15, 0.2) is 5.58 Å². The minimum Gasteiger partial charge on any atom is -0.436 e. The van der Waals surface area contributed by atoms with E-state index in [9.17, 15) is 0 Å². The quantitative estimate of drug-likeness (QED) is 0.691. The summed E-state index contributed by atoms with van der Waals surface area (Å²) in [4.78, 5) is 8.43. The topological polar surface area (TPSA) is 64.9 Å². The number of nitrogens with two attached hydrogens (primary N) is 1. The normalized spacial score (nSPS) is 10.9. The van der Waals surface area contributed by atoms with Gasteiger partial charge in [-0.05, 0) is 36.8 Å². The number of anilines is 1. The number of pyridine rings is 1. The fourth-order valence-electron chi connectivity index (χ4n) is 1.69. The first kappa shape index (κ1) is 9.84. The number of nitrogens with zero attached hydrogens (tertiary/aromatic N) is 2. The molecule has 3 aromatic rings.